The van der Waals surface area contributed by atoms with Crippen molar-refractivity contribution in [3.8, 4) is 0 Å². The molecule has 13 heavy (non-hydrogen) atoms. The van der Waals surface area contributed by atoms with Crippen LogP contribution in [0.25, 0.3) is 0 Å². The molecule has 0 spiro atoms. The molecule has 70 valence electrons. The Bertz CT molecular complexity index is 304. The minimum Gasteiger partial charge on any atom is -0.328 e. The number of hydrogen-bond donors (Lipinski definition) is 1. The molecule has 1 fully saturated rings. The van der Waals surface area contributed by atoms with Gasteiger partial charge in [-0.1, -0.05) is 29.8 Å². The normalized spacial score (nSPS) is 28.5. The second kappa shape index (κ2) is 3.15. The summed E-state index contributed by atoms with van der Waals surface area (Å²) in [4.78, 5) is 0. The van der Waals surface area contributed by atoms with E-state index < -0.39 is 0 Å². The maximum atomic E-state index is 5.86. The fourth-order valence-corrected chi connectivity index (χ4v) is 2.08. The molecule has 0 amide bonds. The first-order valence-electron chi connectivity index (χ1n) is 5.00. The number of rotatable bonds is 2. The smallest absolute Gasteiger partial charge is 0.00448 e. The Balaban J connectivity index is 2.12. The van der Waals surface area contributed by atoms with Crippen molar-refractivity contribution < 1.29 is 0 Å². The summed E-state index contributed by atoms with van der Waals surface area (Å²) in [6.45, 7) is 4.26. The van der Waals surface area contributed by atoms with Crippen molar-refractivity contribution >= 4 is 0 Å². The Morgan fingerprint density at radius 2 is 2.23 bits per heavy atom. The van der Waals surface area contributed by atoms with Crippen LogP contribution < -0.4 is 5.73 Å². The number of nitrogens with two attached hydrogens (primary N) is 1. The molecule has 0 bridgehead atoms. The number of hydrogen-bond acceptors (Lipinski definition) is 1. The Kier molecular flexibility index (Phi) is 2.12. The summed E-state index contributed by atoms with van der Waals surface area (Å²) in [5, 5.41) is 0. The van der Waals surface area contributed by atoms with Crippen molar-refractivity contribution in [3.63, 3.8) is 0 Å². The van der Waals surface area contributed by atoms with Crippen LogP contribution in [0, 0.1) is 12.8 Å². The van der Waals surface area contributed by atoms with Crippen molar-refractivity contribution in [1.29, 1.82) is 0 Å². The first kappa shape index (κ1) is 8.76. The predicted molar refractivity (Wildman–Crippen MR) is 55.7 cm³/mol. The van der Waals surface area contributed by atoms with Crippen LogP contribution in [0.15, 0.2) is 24.3 Å². The molecule has 0 unspecified atom stereocenters. The maximum absolute atomic E-state index is 5.86. The molecule has 2 N–H and O–H groups in total. The van der Waals surface area contributed by atoms with Crippen LogP contribution in [0.5, 0.6) is 0 Å². The SMILES string of the molecule is Cc1cccc([C@H]2C[C@@H]2[C@H](C)N)c1. The van der Waals surface area contributed by atoms with Crippen molar-refractivity contribution in [3.05, 3.63) is 35.4 Å². The molecule has 1 aliphatic carbocycles. The van der Waals surface area contributed by atoms with Gasteiger partial charge in [-0.25, -0.2) is 0 Å². The third-order valence-electron chi connectivity index (χ3n) is 2.99. The highest BCUT2D eigenvalue weighted by Gasteiger charge is 2.40. The van der Waals surface area contributed by atoms with Crippen LogP contribution >= 0.6 is 0 Å². The van der Waals surface area contributed by atoms with E-state index in [9.17, 15) is 0 Å². The fourth-order valence-electron chi connectivity index (χ4n) is 2.08. The van der Waals surface area contributed by atoms with Gasteiger partial charge < -0.3 is 5.73 Å². The van der Waals surface area contributed by atoms with Crippen LogP contribution in [-0.4, -0.2) is 6.04 Å². The molecule has 0 saturated heterocycles. The molecular formula is C12H17N. The van der Waals surface area contributed by atoms with E-state index in [-0.39, 0.29) is 0 Å². The lowest BCUT2D eigenvalue weighted by atomic mass is 10.0. The summed E-state index contributed by atoms with van der Waals surface area (Å²) in [5.74, 6) is 1.46. The highest BCUT2D eigenvalue weighted by atomic mass is 14.7. The van der Waals surface area contributed by atoms with Gasteiger partial charge in [0.05, 0.1) is 0 Å². The second-order valence-electron chi connectivity index (χ2n) is 4.28. The van der Waals surface area contributed by atoms with Crippen LogP contribution in [0.3, 0.4) is 0 Å². The van der Waals surface area contributed by atoms with E-state index in [4.69, 9.17) is 5.73 Å². The van der Waals surface area contributed by atoms with Gasteiger partial charge in [-0.05, 0) is 37.7 Å². The molecule has 1 nitrogen and oxygen atoms in total. The minimum absolute atomic E-state index is 0.352. The lowest BCUT2D eigenvalue weighted by Crippen LogP contribution is -2.17. The number of benzene rings is 1. The standard InChI is InChI=1S/C12H17N/c1-8-4-3-5-10(6-8)12-7-11(12)9(2)13/h3-6,9,11-12H,7,13H2,1-2H3/t9-,11+,12+/m0/s1. The number of aryl methyl sites for hydroxylation is 1. The van der Waals surface area contributed by atoms with E-state index >= 15 is 0 Å². The van der Waals surface area contributed by atoms with E-state index in [0.717, 1.165) is 11.8 Å². The van der Waals surface area contributed by atoms with Gasteiger partial charge in [-0.2, -0.15) is 0 Å². The van der Waals surface area contributed by atoms with Gasteiger partial charge in [0.15, 0.2) is 0 Å². The van der Waals surface area contributed by atoms with Gasteiger partial charge in [0.2, 0.25) is 0 Å². The van der Waals surface area contributed by atoms with Crippen LogP contribution in [0.2, 0.25) is 0 Å². The summed E-state index contributed by atoms with van der Waals surface area (Å²) < 4.78 is 0. The third-order valence-corrected chi connectivity index (χ3v) is 2.99. The van der Waals surface area contributed by atoms with Gasteiger partial charge in [0.25, 0.3) is 0 Å². The molecule has 3 atom stereocenters. The summed E-state index contributed by atoms with van der Waals surface area (Å²) in [7, 11) is 0. The first-order chi connectivity index (χ1) is 6.18. The molecule has 0 radical (unpaired) electrons. The zero-order valence-electron chi connectivity index (χ0n) is 8.33. The van der Waals surface area contributed by atoms with Crippen LogP contribution in [0.1, 0.15) is 30.4 Å². The lowest BCUT2D eigenvalue weighted by Gasteiger charge is -2.04. The summed E-state index contributed by atoms with van der Waals surface area (Å²) in [5.41, 5.74) is 8.69. The van der Waals surface area contributed by atoms with E-state index in [1.54, 1.807) is 0 Å². The molecule has 0 aliphatic heterocycles. The summed E-state index contributed by atoms with van der Waals surface area (Å²) in [6.07, 6.45) is 1.28. The second-order valence-corrected chi connectivity index (χ2v) is 4.28. The Hall–Kier alpha value is -0.820. The van der Waals surface area contributed by atoms with Crippen LogP contribution in [-0.2, 0) is 0 Å². The predicted octanol–water partition coefficient (Wildman–Crippen LogP) is 2.45. The molecule has 1 heteroatoms. The van der Waals surface area contributed by atoms with Crippen molar-refractivity contribution in [1.82, 2.24) is 0 Å². The fraction of sp³-hybridized carbons (Fsp3) is 0.500. The quantitative estimate of drug-likeness (QED) is 0.734. The minimum atomic E-state index is 0.352. The first-order valence-corrected chi connectivity index (χ1v) is 5.00. The highest BCUT2D eigenvalue weighted by molar-refractivity contribution is 5.30. The van der Waals surface area contributed by atoms with Gasteiger partial charge in [-0.3, -0.25) is 0 Å². The molecule has 2 rings (SSSR count). The Labute approximate surface area is 80.0 Å². The zero-order valence-corrected chi connectivity index (χ0v) is 8.33. The van der Waals surface area contributed by atoms with Crippen molar-refractivity contribution in [2.45, 2.75) is 32.2 Å². The maximum Gasteiger partial charge on any atom is 0.00448 e. The molecule has 1 aromatic carbocycles. The average Bonchev–Trinajstić information content (AvgIpc) is 2.82. The largest absolute Gasteiger partial charge is 0.328 e. The monoisotopic (exact) mass is 175 g/mol. The van der Waals surface area contributed by atoms with E-state index in [1.165, 1.54) is 17.5 Å². The van der Waals surface area contributed by atoms with Crippen molar-refractivity contribution in [2.24, 2.45) is 11.7 Å². The van der Waals surface area contributed by atoms with E-state index in [2.05, 4.69) is 38.1 Å². The summed E-state index contributed by atoms with van der Waals surface area (Å²) >= 11 is 0. The average molecular weight is 175 g/mol. The van der Waals surface area contributed by atoms with Gasteiger partial charge >= 0.3 is 0 Å². The van der Waals surface area contributed by atoms with Crippen LogP contribution in [0.4, 0.5) is 0 Å². The molecule has 0 heterocycles. The van der Waals surface area contributed by atoms with Crippen molar-refractivity contribution in [2.75, 3.05) is 0 Å². The molecule has 1 aromatic rings. The van der Waals surface area contributed by atoms with Gasteiger partial charge in [0, 0.05) is 6.04 Å². The lowest BCUT2D eigenvalue weighted by molar-refractivity contribution is 0.631. The van der Waals surface area contributed by atoms with Gasteiger partial charge in [0.1, 0.15) is 0 Å². The van der Waals surface area contributed by atoms with E-state index in [1.807, 2.05) is 0 Å². The third kappa shape index (κ3) is 1.75. The molecule has 1 saturated carbocycles. The molecular weight excluding hydrogens is 158 g/mol. The highest BCUT2D eigenvalue weighted by Crippen LogP contribution is 2.48. The Morgan fingerprint density at radius 1 is 1.46 bits per heavy atom. The van der Waals surface area contributed by atoms with E-state index in [0.29, 0.717) is 6.04 Å². The Morgan fingerprint density at radius 3 is 2.77 bits per heavy atom. The molecule has 1 aliphatic rings. The topological polar surface area (TPSA) is 26.0 Å². The summed E-state index contributed by atoms with van der Waals surface area (Å²) in [6, 6.07) is 9.15. The van der Waals surface area contributed by atoms with Gasteiger partial charge in [-0.15, -0.1) is 0 Å². The molecule has 0 aromatic heterocycles. The zero-order chi connectivity index (χ0) is 9.42.